The van der Waals surface area contributed by atoms with E-state index >= 15 is 0 Å². The van der Waals surface area contributed by atoms with Crippen LogP contribution in [0.15, 0.2) is 59.5 Å². The lowest BCUT2D eigenvalue weighted by atomic mass is 9.96. The third-order valence-electron chi connectivity index (χ3n) is 7.02. The molecule has 1 aliphatic heterocycles. The molecular weight excluding hydrogens is 464 g/mol. The molecule has 0 unspecified atom stereocenters. The number of piperazine rings is 1. The van der Waals surface area contributed by atoms with Crippen LogP contribution in [0.1, 0.15) is 42.5 Å². The molecule has 9 heteroatoms. The Morgan fingerprint density at radius 2 is 1.63 bits per heavy atom. The smallest absolute Gasteiger partial charge is 0.251 e. The first-order chi connectivity index (χ1) is 16.9. The van der Waals surface area contributed by atoms with E-state index in [4.69, 9.17) is 0 Å². The lowest BCUT2D eigenvalue weighted by molar-refractivity contribution is -0.130. The van der Waals surface area contributed by atoms with E-state index in [1.165, 1.54) is 16.4 Å². The fourth-order valence-electron chi connectivity index (χ4n) is 4.83. The van der Waals surface area contributed by atoms with Gasteiger partial charge in [0.2, 0.25) is 15.9 Å². The van der Waals surface area contributed by atoms with Crippen LogP contribution in [-0.2, 0) is 14.8 Å². The van der Waals surface area contributed by atoms with Crippen molar-refractivity contribution in [2.75, 3.05) is 44.7 Å². The predicted octanol–water partition coefficient (Wildman–Crippen LogP) is 2.72. The van der Waals surface area contributed by atoms with E-state index in [1.54, 1.807) is 24.1 Å². The molecular formula is C26H34N4O4S. The van der Waals surface area contributed by atoms with Gasteiger partial charge in [-0.3, -0.25) is 9.59 Å². The zero-order chi connectivity index (χ0) is 24.8. The van der Waals surface area contributed by atoms with Gasteiger partial charge in [-0.25, -0.2) is 8.42 Å². The molecule has 0 aromatic heterocycles. The molecule has 4 rings (SSSR count). The van der Waals surface area contributed by atoms with Crippen LogP contribution in [-0.4, -0.2) is 75.3 Å². The molecule has 0 atom stereocenters. The maximum Gasteiger partial charge on any atom is 0.251 e. The molecule has 2 aromatic rings. The number of carbonyl (C=O) groups excluding carboxylic acids is 2. The van der Waals surface area contributed by atoms with E-state index in [0.29, 0.717) is 13.1 Å². The standard InChI is InChI=1S/C26H34N4O4S/c1-28(22-10-4-2-5-11-22)35(33,34)24-14-8-9-21(19-24)26(32)27-20-25(31)30-17-15-29(16-18-30)23-12-6-3-7-13-23/h3,6-9,12-14,19,22H,2,4-5,10-11,15-18,20H2,1H3,(H,27,32). The van der Waals surface area contributed by atoms with Crippen molar-refractivity contribution in [1.29, 1.82) is 0 Å². The van der Waals surface area contributed by atoms with Crippen molar-refractivity contribution in [2.45, 2.75) is 43.0 Å². The average molecular weight is 499 g/mol. The van der Waals surface area contributed by atoms with E-state index in [1.807, 2.05) is 18.2 Å². The Balaban J connectivity index is 1.31. The van der Waals surface area contributed by atoms with E-state index < -0.39 is 15.9 Å². The Bertz CT molecular complexity index is 1130. The monoisotopic (exact) mass is 498 g/mol. The molecule has 2 aliphatic rings. The first-order valence-corrected chi connectivity index (χ1v) is 13.7. The largest absolute Gasteiger partial charge is 0.368 e. The Kier molecular flexibility index (Phi) is 8.07. The second-order valence-electron chi connectivity index (χ2n) is 9.23. The number of amides is 2. The molecule has 1 heterocycles. The summed E-state index contributed by atoms with van der Waals surface area (Å²) >= 11 is 0. The highest BCUT2D eigenvalue weighted by Crippen LogP contribution is 2.26. The lowest BCUT2D eigenvalue weighted by Gasteiger charge is -2.36. The normalized spacial score (nSPS) is 17.4. The predicted molar refractivity (Wildman–Crippen MR) is 136 cm³/mol. The highest BCUT2D eigenvalue weighted by atomic mass is 32.2. The molecule has 8 nitrogen and oxygen atoms in total. The third-order valence-corrected chi connectivity index (χ3v) is 8.92. The van der Waals surface area contributed by atoms with Gasteiger partial charge in [0, 0.05) is 50.5 Å². The van der Waals surface area contributed by atoms with Gasteiger partial charge in [0.1, 0.15) is 0 Å². The van der Waals surface area contributed by atoms with Crippen molar-refractivity contribution in [1.82, 2.24) is 14.5 Å². The summed E-state index contributed by atoms with van der Waals surface area (Å²) < 4.78 is 27.7. The fourth-order valence-corrected chi connectivity index (χ4v) is 6.29. The fraction of sp³-hybridized carbons (Fsp3) is 0.462. The second-order valence-corrected chi connectivity index (χ2v) is 11.2. The summed E-state index contributed by atoms with van der Waals surface area (Å²) in [5.41, 5.74) is 1.36. The molecule has 2 amide bonds. The molecule has 1 aliphatic carbocycles. The Labute approximate surface area is 207 Å². The van der Waals surface area contributed by atoms with Crippen LogP contribution in [0.5, 0.6) is 0 Å². The molecule has 1 N–H and O–H groups in total. The van der Waals surface area contributed by atoms with Gasteiger partial charge in [-0.1, -0.05) is 43.5 Å². The number of carbonyl (C=O) groups is 2. The van der Waals surface area contributed by atoms with Crippen LogP contribution in [0.3, 0.4) is 0 Å². The van der Waals surface area contributed by atoms with Gasteiger partial charge in [-0.05, 0) is 43.2 Å². The van der Waals surface area contributed by atoms with Crippen molar-refractivity contribution < 1.29 is 18.0 Å². The number of rotatable bonds is 7. The van der Waals surface area contributed by atoms with Crippen LogP contribution in [0, 0.1) is 0 Å². The number of nitrogens with one attached hydrogen (secondary N) is 1. The van der Waals surface area contributed by atoms with Gasteiger partial charge >= 0.3 is 0 Å². The molecule has 1 saturated carbocycles. The maximum absolute atomic E-state index is 13.1. The van der Waals surface area contributed by atoms with E-state index in [9.17, 15) is 18.0 Å². The van der Waals surface area contributed by atoms with E-state index in [2.05, 4.69) is 22.3 Å². The maximum atomic E-state index is 13.1. The van der Waals surface area contributed by atoms with Gasteiger partial charge in [0.15, 0.2) is 0 Å². The first kappa shape index (κ1) is 25.2. The van der Waals surface area contributed by atoms with Crippen LogP contribution in [0.2, 0.25) is 0 Å². The average Bonchev–Trinajstić information content (AvgIpc) is 2.92. The third kappa shape index (κ3) is 6.02. The van der Waals surface area contributed by atoms with Gasteiger partial charge in [-0.2, -0.15) is 4.31 Å². The molecule has 2 fully saturated rings. The topological polar surface area (TPSA) is 90.0 Å². The number of hydrogen-bond acceptors (Lipinski definition) is 5. The number of anilines is 1. The van der Waals surface area contributed by atoms with Crippen LogP contribution in [0.25, 0.3) is 0 Å². The first-order valence-electron chi connectivity index (χ1n) is 12.3. The van der Waals surface area contributed by atoms with Gasteiger partial charge in [0.25, 0.3) is 5.91 Å². The highest BCUT2D eigenvalue weighted by Gasteiger charge is 2.29. The Morgan fingerprint density at radius 3 is 2.31 bits per heavy atom. The summed E-state index contributed by atoms with van der Waals surface area (Å²) in [6.45, 7) is 2.52. The van der Waals surface area contributed by atoms with Crippen molar-refractivity contribution in [2.24, 2.45) is 0 Å². The van der Waals surface area contributed by atoms with Gasteiger partial charge in [0.05, 0.1) is 11.4 Å². The summed E-state index contributed by atoms with van der Waals surface area (Å²) in [4.78, 5) is 29.5. The quantitative estimate of drug-likeness (QED) is 0.634. The lowest BCUT2D eigenvalue weighted by Crippen LogP contribution is -2.51. The molecule has 1 saturated heterocycles. The minimum atomic E-state index is -3.70. The van der Waals surface area contributed by atoms with Crippen LogP contribution < -0.4 is 10.2 Å². The van der Waals surface area contributed by atoms with Crippen molar-refractivity contribution >= 4 is 27.5 Å². The molecule has 0 bridgehead atoms. The van der Waals surface area contributed by atoms with Crippen LogP contribution in [0.4, 0.5) is 5.69 Å². The zero-order valence-corrected chi connectivity index (χ0v) is 21.0. The highest BCUT2D eigenvalue weighted by molar-refractivity contribution is 7.89. The number of sulfonamides is 1. The van der Waals surface area contributed by atoms with Gasteiger partial charge in [-0.15, -0.1) is 0 Å². The van der Waals surface area contributed by atoms with Crippen molar-refractivity contribution in [3.63, 3.8) is 0 Å². The summed E-state index contributed by atoms with van der Waals surface area (Å²) in [6, 6.07) is 16.1. The van der Waals surface area contributed by atoms with Crippen molar-refractivity contribution in [3.05, 3.63) is 60.2 Å². The summed E-state index contributed by atoms with van der Waals surface area (Å²) in [6.07, 6.45) is 4.92. The molecule has 0 radical (unpaired) electrons. The molecule has 188 valence electrons. The van der Waals surface area contributed by atoms with Crippen molar-refractivity contribution in [3.8, 4) is 0 Å². The number of nitrogens with zero attached hydrogens (tertiary/aromatic N) is 3. The summed E-state index contributed by atoms with van der Waals surface area (Å²) in [7, 11) is -2.08. The van der Waals surface area contributed by atoms with Crippen LogP contribution >= 0.6 is 0 Å². The zero-order valence-electron chi connectivity index (χ0n) is 20.2. The van der Waals surface area contributed by atoms with E-state index in [-0.39, 0.29) is 29.0 Å². The van der Waals surface area contributed by atoms with E-state index in [0.717, 1.165) is 50.9 Å². The molecule has 2 aromatic carbocycles. The molecule has 0 spiro atoms. The summed E-state index contributed by atoms with van der Waals surface area (Å²) in [5, 5.41) is 2.66. The number of hydrogen-bond donors (Lipinski definition) is 1. The molecule has 35 heavy (non-hydrogen) atoms. The minimum absolute atomic E-state index is 0.00814. The number of para-hydroxylation sites is 1. The van der Waals surface area contributed by atoms with Gasteiger partial charge < -0.3 is 15.1 Å². The minimum Gasteiger partial charge on any atom is -0.368 e. The Morgan fingerprint density at radius 1 is 0.943 bits per heavy atom. The number of benzene rings is 2. The summed E-state index contributed by atoms with van der Waals surface area (Å²) in [5.74, 6) is -0.606. The SMILES string of the molecule is CN(C1CCCCC1)S(=O)(=O)c1cccc(C(=O)NCC(=O)N2CCN(c3ccccc3)CC2)c1. The second kappa shape index (κ2) is 11.2. The Hall–Kier alpha value is -2.91.